The lowest BCUT2D eigenvalue weighted by molar-refractivity contribution is -0.157. The Morgan fingerprint density at radius 1 is 1.35 bits per heavy atom. The SMILES string of the molecule is COc1cc(N2CC3(C[C@@H](OCC(=O)N4CCCC4)CCO3)C2)ncn1. The van der Waals surface area contributed by atoms with Gasteiger partial charge in [0, 0.05) is 32.2 Å². The summed E-state index contributed by atoms with van der Waals surface area (Å²) in [5.74, 6) is 1.52. The van der Waals surface area contributed by atoms with Gasteiger partial charge in [-0.1, -0.05) is 0 Å². The summed E-state index contributed by atoms with van der Waals surface area (Å²) in [6.07, 6.45) is 5.47. The summed E-state index contributed by atoms with van der Waals surface area (Å²) in [7, 11) is 1.60. The molecule has 3 aliphatic rings. The summed E-state index contributed by atoms with van der Waals surface area (Å²) in [6, 6.07) is 1.83. The second kappa shape index (κ2) is 7.36. The van der Waals surface area contributed by atoms with E-state index < -0.39 is 0 Å². The number of nitrogens with zero attached hydrogens (tertiary/aromatic N) is 4. The zero-order chi connectivity index (χ0) is 18.0. The van der Waals surface area contributed by atoms with Gasteiger partial charge in [0.1, 0.15) is 24.4 Å². The molecule has 8 heteroatoms. The van der Waals surface area contributed by atoms with E-state index in [9.17, 15) is 4.79 Å². The highest BCUT2D eigenvalue weighted by Gasteiger charge is 2.48. The maximum atomic E-state index is 12.2. The van der Waals surface area contributed by atoms with Crippen molar-refractivity contribution in [2.75, 3.05) is 51.4 Å². The third-order valence-electron chi connectivity index (χ3n) is 5.47. The molecule has 0 N–H and O–H groups in total. The molecule has 3 fully saturated rings. The Kier molecular flexibility index (Phi) is 4.95. The van der Waals surface area contributed by atoms with E-state index in [1.54, 1.807) is 7.11 Å². The molecule has 4 rings (SSSR count). The molecule has 0 bridgehead atoms. The van der Waals surface area contributed by atoms with Crippen molar-refractivity contribution in [3.05, 3.63) is 12.4 Å². The average Bonchev–Trinajstić information content (AvgIpc) is 3.19. The van der Waals surface area contributed by atoms with Crippen LogP contribution in [0, 0.1) is 0 Å². The fourth-order valence-corrected chi connectivity index (χ4v) is 4.02. The van der Waals surface area contributed by atoms with Crippen LogP contribution < -0.4 is 9.64 Å². The largest absolute Gasteiger partial charge is 0.481 e. The summed E-state index contributed by atoms with van der Waals surface area (Å²) in [6.45, 7) is 4.14. The van der Waals surface area contributed by atoms with Crippen molar-refractivity contribution in [1.82, 2.24) is 14.9 Å². The Morgan fingerprint density at radius 3 is 2.92 bits per heavy atom. The number of rotatable bonds is 5. The van der Waals surface area contributed by atoms with Crippen LogP contribution in [0.15, 0.2) is 12.4 Å². The number of carbonyl (C=O) groups excluding carboxylic acids is 1. The monoisotopic (exact) mass is 362 g/mol. The normalized spacial score (nSPS) is 24.6. The van der Waals surface area contributed by atoms with Gasteiger partial charge < -0.3 is 24.0 Å². The number of hydrogen-bond acceptors (Lipinski definition) is 7. The number of hydrogen-bond donors (Lipinski definition) is 0. The molecule has 1 spiro atoms. The van der Waals surface area contributed by atoms with Gasteiger partial charge in [-0.15, -0.1) is 0 Å². The van der Waals surface area contributed by atoms with Gasteiger partial charge in [-0.3, -0.25) is 4.79 Å². The van der Waals surface area contributed by atoms with Crippen molar-refractivity contribution in [1.29, 1.82) is 0 Å². The van der Waals surface area contributed by atoms with Gasteiger partial charge in [0.05, 0.1) is 26.3 Å². The van der Waals surface area contributed by atoms with Crippen LogP contribution in [0.5, 0.6) is 5.88 Å². The number of anilines is 1. The highest BCUT2D eigenvalue weighted by molar-refractivity contribution is 5.77. The molecule has 1 aromatic heterocycles. The minimum atomic E-state index is -0.197. The van der Waals surface area contributed by atoms with E-state index >= 15 is 0 Å². The Labute approximate surface area is 153 Å². The number of amides is 1. The zero-order valence-corrected chi connectivity index (χ0v) is 15.2. The fraction of sp³-hybridized carbons (Fsp3) is 0.722. The highest BCUT2D eigenvalue weighted by atomic mass is 16.5. The van der Waals surface area contributed by atoms with Gasteiger partial charge in [0.15, 0.2) is 0 Å². The second-order valence-electron chi connectivity index (χ2n) is 7.32. The van der Waals surface area contributed by atoms with Crippen LogP contribution in [0.4, 0.5) is 5.82 Å². The number of methoxy groups -OCH3 is 1. The Hall–Kier alpha value is -1.93. The number of aromatic nitrogens is 2. The van der Waals surface area contributed by atoms with Crippen LogP contribution in [-0.2, 0) is 14.3 Å². The van der Waals surface area contributed by atoms with Crippen molar-refractivity contribution in [2.45, 2.75) is 37.4 Å². The second-order valence-corrected chi connectivity index (χ2v) is 7.32. The minimum absolute atomic E-state index is 0.0809. The van der Waals surface area contributed by atoms with Crippen LogP contribution >= 0.6 is 0 Å². The molecule has 4 heterocycles. The van der Waals surface area contributed by atoms with Crippen LogP contribution in [-0.4, -0.2) is 79.0 Å². The van der Waals surface area contributed by atoms with E-state index in [2.05, 4.69) is 14.9 Å². The lowest BCUT2D eigenvalue weighted by Gasteiger charge is -2.53. The predicted octanol–water partition coefficient (Wildman–Crippen LogP) is 0.862. The molecule has 1 amide bonds. The lowest BCUT2D eigenvalue weighted by atomic mass is 9.84. The average molecular weight is 362 g/mol. The molecule has 1 aromatic rings. The van der Waals surface area contributed by atoms with Crippen LogP contribution in [0.25, 0.3) is 0 Å². The Bertz CT molecular complexity index is 644. The smallest absolute Gasteiger partial charge is 0.248 e. The van der Waals surface area contributed by atoms with E-state index in [1.165, 1.54) is 6.33 Å². The van der Waals surface area contributed by atoms with Crippen molar-refractivity contribution >= 4 is 11.7 Å². The van der Waals surface area contributed by atoms with Crippen molar-refractivity contribution < 1.29 is 19.0 Å². The third-order valence-corrected chi connectivity index (χ3v) is 5.47. The van der Waals surface area contributed by atoms with Gasteiger partial charge in [-0.25, -0.2) is 9.97 Å². The van der Waals surface area contributed by atoms with Crippen molar-refractivity contribution in [2.24, 2.45) is 0 Å². The van der Waals surface area contributed by atoms with Crippen LogP contribution in [0.1, 0.15) is 25.7 Å². The van der Waals surface area contributed by atoms with E-state index in [4.69, 9.17) is 14.2 Å². The van der Waals surface area contributed by atoms with E-state index in [-0.39, 0.29) is 24.2 Å². The summed E-state index contributed by atoms with van der Waals surface area (Å²) < 4.78 is 17.1. The minimum Gasteiger partial charge on any atom is -0.481 e. The first-order chi connectivity index (χ1) is 12.7. The predicted molar refractivity (Wildman–Crippen MR) is 94.3 cm³/mol. The maximum Gasteiger partial charge on any atom is 0.248 e. The molecule has 1 atom stereocenters. The molecule has 0 radical (unpaired) electrons. The molecule has 3 saturated heterocycles. The highest BCUT2D eigenvalue weighted by Crippen LogP contribution is 2.37. The summed E-state index contributed by atoms with van der Waals surface area (Å²) in [5, 5.41) is 0. The Morgan fingerprint density at radius 2 is 2.15 bits per heavy atom. The summed E-state index contributed by atoms with van der Waals surface area (Å²) in [5.41, 5.74) is -0.197. The number of likely N-dealkylation sites (tertiary alicyclic amines) is 1. The van der Waals surface area contributed by atoms with Crippen molar-refractivity contribution in [3.8, 4) is 5.88 Å². The van der Waals surface area contributed by atoms with E-state index in [0.29, 0.717) is 12.5 Å². The van der Waals surface area contributed by atoms with Gasteiger partial charge in [-0.05, 0) is 19.3 Å². The van der Waals surface area contributed by atoms with Gasteiger partial charge in [0.25, 0.3) is 0 Å². The molecular formula is C18H26N4O4. The third kappa shape index (κ3) is 3.61. The summed E-state index contributed by atoms with van der Waals surface area (Å²) >= 11 is 0. The van der Waals surface area contributed by atoms with Crippen LogP contribution in [0.2, 0.25) is 0 Å². The molecule has 8 nitrogen and oxygen atoms in total. The van der Waals surface area contributed by atoms with Crippen molar-refractivity contribution in [3.63, 3.8) is 0 Å². The fourth-order valence-electron chi connectivity index (χ4n) is 4.02. The van der Waals surface area contributed by atoms with Gasteiger partial charge in [0.2, 0.25) is 11.8 Å². The van der Waals surface area contributed by atoms with Crippen LogP contribution in [0.3, 0.4) is 0 Å². The molecule has 0 aromatic carbocycles. The molecule has 26 heavy (non-hydrogen) atoms. The first-order valence-corrected chi connectivity index (χ1v) is 9.32. The Balaban J connectivity index is 1.28. The first-order valence-electron chi connectivity index (χ1n) is 9.32. The van der Waals surface area contributed by atoms with E-state index in [0.717, 1.165) is 57.7 Å². The zero-order valence-electron chi connectivity index (χ0n) is 15.2. The lowest BCUT2D eigenvalue weighted by Crippen LogP contribution is -2.66. The number of carbonyl (C=O) groups is 1. The molecule has 0 unspecified atom stereocenters. The maximum absolute atomic E-state index is 12.2. The van der Waals surface area contributed by atoms with Gasteiger partial charge >= 0.3 is 0 Å². The standard InChI is InChI=1S/C18H26N4O4/c1-24-16-8-15(19-13-20-16)22-11-18(12-22)9-14(4-7-26-18)25-10-17(23)21-5-2-3-6-21/h8,13-14H,2-7,9-12H2,1H3/t14-/m0/s1. The molecule has 0 aliphatic carbocycles. The van der Waals surface area contributed by atoms with E-state index in [1.807, 2.05) is 11.0 Å². The molecule has 0 saturated carbocycles. The quantitative estimate of drug-likeness (QED) is 0.769. The number of ether oxygens (including phenoxy) is 3. The molecule has 3 aliphatic heterocycles. The summed E-state index contributed by atoms with van der Waals surface area (Å²) in [4.78, 5) is 24.6. The topological polar surface area (TPSA) is 77.0 Å². The van der Waals surface area contributed by atoms with Gasteiger partial charge in [-0.2, -0.15) is 0 Å². The first kappa shape index (κ1) is 17.5. The molecule has 142 valence electrons. The molecular weight excluding hydrogens is 336 g/mol.